The lowest BCUT2D eigenvalue weighted by molar-refractivity contribution is -0.119. The number of carbonyl (C=O) groups excluding carboxylic acids is 1. The van der Waals surface area contributed by atoms with E-state index in [2.05, 4.69) is 4.72 Å². The Hall–Kier alpha value is -1.60. The Balaban J connectivity index is 1.71. The number of sulfonamides is 1. The molecule has 0 radical (unpaired) electrons. The highest BCUT2D eigenvalue weighted by Gasteiger charge is 2.23. The van der Waals surface area contributed by atoms with E-state index in [0.717, 1.165) is 12.8 Å². The Bertz CT molecular complexity index is 567. The van der Waals surface area contributed by atoms with Crippen molar-refractivity contribution in [2.24, 2.45) is 0 Å². The first-order chi connectivity index (χ1) is 10.6. The van der Waals surface area contributed by atoms with Gasteiger partial charge in [-0.15, -0.1) is 0 Å². The third kappa shape index (κ3) is 6.03. The predicted octanol–water partition coefficient (Wildman–Crippen LogP) is 1.47. The van der Waals surface area contributed by atoms with Crippen molar-refractivity contribution in [3.63, 3.8) is 0 Å². The fourth-order valence-corrected chi connectivity index (χ4v) is 3.51. The molecule has 2 rings (SSSR count). The first-order valence-corrected chi connectivity index (χ1v) is 9.03. The summed E-state index contributed by atoms with van der Waals surface area (Å²) in [6.07, 6.45) is 2.30. The van der Waals surface area contributed by atoms with Crippen LogP contribution in [0.15, 0.2) is 30.3 Å². The van der Waals surface area contributed by atoms with Crippen molar-refractivity contribution >= 4 is 15.9 Å². The summed E-state index contributed by atoms with van der Waals surface area (Å²) in [6, 6.07) is 9.05. The number of amides is 1. The van der Waals surface area contributed by atoms with Crippen LogP contribution in [0.4, 0.5) is 0 Å². The van der Waals surface area contributed by atoms with Crippen molar-refractivity contribution < 1.29 is 22.7 Å². The van der Waals surface area contributed by atoms with Crippen LogP contribution in [-0.2, 0) is 19.6 Å². The lowest BCUT2D eigenvalue weighted by atomic mass is 10.1. The summed E-state index contributed by atoms with van der Waals surface area (Å²) in [5.41, 5.74) is 0. The van der Waals surface area contributed by atoms with Crippen LogP contribution in [0.1, 0.15) is 25.7 Å². The van der Waals surface area contributed by atoms with Gasteiger partial charge in [0.1, 0.15) is 5.75 Å². The van der Waals surface area contributed by atoms with Crippen LogP contribution >= 0.6 is 0 Å². The first-order valence-electron chi connectivity index (χ1n) is 7.38. The van der Waals surface area contributed by atoms with Crippen LogP contribution in [0.3, 0.4) is 0 Å². The lowest BCUT2D eigenvalue weighted by Gasteiger charge is -2.22. The number of nitrogens with one attached hydrogen (secondary N) is 1. The van der Waals surface area contributed by atoms with Gasteiger partial charge in [-0.2, -0.15) is 0 Å². The molecule has 0 aromatic heterocycles. The van der Waals surface area contributed by atoms with Crippen LogP contribution in [0, 0.1) is 0 Å². The molecule has 1 unspecified atom stereocenters. The number of para-hydroxylation sites is 1. The summed E-state index contributed by atoms with van der Waals surface area (Å²) in [5, 5.41) is 0. The van der Waals surface area contributed by atoms with Crippen LogP contribution in [-0.4, -0.2) is 39.4 Å². The van der Waals surface area contributed by atoms with Crippen molar-refractivity contribution in [3.05, 3.63) is 30.3 Å². The molecular weight excluding hydrogens is 306 g/mol. The summed E-state index contributed by atoms with van der Waals surface area (Å²) in [5.74, 6) is -0.0846. The molecule has 1 N–H and O–H groups in total. The zero-order valence-electron chi connectivity index (χ0n) is 12.4. The third-order valence-corrected chi connectivity index (χ3v) is 4.64. The summed E-state index contributed by atoms with van der Waals surface area (Å²) >= 11 is 0. The molecule has 1 aromatic carbocycles. The lowest BCUT2D eigenvalue weighted by Crippen LogP contribution is -2.38. The molecular formula is C15H21NO5S. The molecule has 1 fully saturated rings. The zero-order valence-corrected chi connectivity index (χ0v) is 13.2. The van der Waals surface area contributed by atoms with E-state index >= 15 is 0 Å². The van der Waals surface area contributed by atoms with E-state index in [4.69, 9.17) is 9.47 Å². The van der Waals surface area contributed by atoms with Crippen LogP contribution < -0.4 is 9.46 Å². The average Bonchev–Trinajstić information content (AvgIpc) is 2.48. The SMILES string of the molecule is O=C(CCOc1ccccc1)NS(=O)(=O)CC1CCCCO1. The predicted molar refractivity (Wildman–Crippen MR) is 82.1 cm³/mol. The fourth-order valence-electron chi connectivity index (χ4n) is 2.23. The summed E-state index contributed by atoms with van der Waals surface area (Å²) in [6.45, 7) is 0.713. The first kappa shape index (κ1) is 16.8. The molecule has 1 aromatic rings. The monoisotopic (exact) mass is 327 g/mol. The topological polar surface area (TPSA) is 81.7 Å². The average molecular weight is 327 g/mol. The molecule has 7 heteroatoms. The minimum Gasteiger partial charge on any atom is -0.493 e. The number of benzene rings is 1. The molecule has 1 amide bonds. The Morgan fingerprint density at radius 1 is 1.27 bits per heavy atom. The summed E-state index contributed by atoms with van der Waals surface area (Å²) in [4.78, 5) is 11.7. The van der Waals surface area contributed by atoms with E-state index in [0.29, 0.717) is 18.8 Å². The maximum atomic E-state index is 11.9. The zero-order chi connectivity index (χ0) is 15.8. The fraction of sp³-hybridized carbons (Fsp3) is 0.533. The molecule has 0 aliphatic carbocycles. The van der Waals surface area contributed by atoms with Gasteiger partial charge in [0.15, 0.2) is 0 Å². The van der Waals surface area contributed by atoms with Crippen LogP contribution in [0.25, 0.3) is 0 Å². The Labute approximate surface area is 130 Å². The quantitative estimate of drug-likeness (QED) is 0.820. The van der Waals surface area contributed by atoms with E-state index in [-0.39, 0.29) is 24.9 Å². The van der Waals surface area contributed by atoms with Gasteiger partial charge < -0.3 is 9.47 Å². The summed E-state index contributed by atoms with van der Waals surface area (Å²) in [7, 11) is -3.66. The maximum absolute atomic E-state index is 11.9. The number of hydrogen-bond donors (Lipinski definition) is 1. The maximum Gasteiger partial charge on any atom is 0.237 e. The molecule has 0 saturated carbocycles. The Morgan fingerprint density at radius 2 is 2.05 bits per heavy atom. The largest absolute Gasteiger partial charge is 0.493 e. The third-order valence-electron chi connectivity index (χ3n) is 3.29. The molecule has 1 atom stereocenters. The number of ether oxygens (including phenoxy) is 2. The molecule has 0 bridgehead atoms. The Morgan fingerprint density at radius 3 is 2.73 bits per heavy atom. The molecule has 1 aliphatic rings. The van der Waals surface area contributed by atoms with Gasteiger partial charge in [-0.3, -0.25) is 9.52 Å². The molecule has 122 valence electrons. The normalized spacial score (nSPS) is 18.6. The minimum atomic E-state index is -3.66. The highest BCUT2D eigenvalue weighted by Crippen LogP contribution is 2.14. The number of rotatable bonds is 7. The van der Waals surface area contributed by atoms with Gasteiger partial charge in [-0.05, 0) is 31.4 Å². The van der Waals surface area contributed by atoms with Crippen molar-refractivity contribution in [2.75, 3.05) is 19.0 Å². The molecule has 22 heavy (non-hydrogen) atoms. The van der Waals surface area contributed by atoms with E-state index in [9.17, 15) is 13.2 Å². The number of carbonyl (C=O) groups is 1. The minimum absolute atomic E-state index is 0.0142. The summed E-state index contributed by atoms with van der Waals surface area (Å²) < 4.78 is 36.6. The van der Waals surface area contributed by atoms with Crippen molar-refractivity contribution in [2.45, 2.75) is 31.8 Å². The van der Waals surface area contributed by atoms with Gasteiger partial charge in [0.25, 0.3) is 0 Å². The second-order valence-corrected chi connectivity index (χ2v) is 6.97. The van der Waals surface area contributed by atoms with Gasteiger partial charge >= 0.3 is 0 Å². The van der Waals surface area contributed by atoms with E-state index in [1.54, 1.807) is 12.1 Å². The highest BCUT2D eigenvalue weighted by atomic mass is 32.2. The molecule has 0 spiro atoms. The second-order valence-electron chi connectivity index (χ2n) is 5.21. The highest BCUT2D eigenvalue weighted by molar-refractivity contribution is 7.90. The van der Waals surface area contributed by atoms with Gasteiger partial charge in [-0.25, -0.2) is 8.42 Å². The Kier molecular flexibility index (Phi) is 6.21. The second kappa shape index (κ2) is 8.14. The van der Waals surface area contributed by atoms with Gasteiger partial charge in [0.2, 0.25) is 15.9 Å². The van der Waals surface area contributed by atoms with Gasteiger partial charge in [-0.1, -0.05) is 18.2 Å². The molecule has 6 nitrogen and oxygen atoms in total. The van der Waals surface area contributed by atoms with E-state index in [1.165, 1.54) is 0 Å². The van der Waals surface area contributed by atoms with Crippen molar-refractivity contribution in [1.82, 2.24) is 4.72 Å². The van der Waals surface area contributed by atoms with Gasteiger partial charge in [0.05, 0.1) is 24.9 Å². The van der Waals surface area contributed by atoms with Crippen LogP contribution in [0.2, 0.25) is 0 Å². The van der Waals surface area contributed by atoms with E-state index in [1.807, 2.05) is 18.2 Å². The molecule has 1 heterocycles. The standard InChI is InChI=1S/C15H21NO5S/c17-15(9-11-21-13-6-2-1-3-7-13)16-22(18,19)12-14-8-4-5-10-20-14/h1-3,6-7,14H,4-5,8-12H2,(H,16,17). The smallest absolute Gasteiger partial charge is 0.237 e. The molecule has 1 saturated heterocycles. The van der Waals surface area contributed by atoms with Gasteiger partial charge in [0, 0.05) is 6.61 Å². The molecule has 1 aliphatic heterocycles. The van der Waals surface area contributed by atoms with E-state index < -0.39 is 15.9 Å². The van der Waals surface area contributed by atoms with Crippen molar-refractivity contribution in [1.29, 1.82) is 0 Å². The van der Waals surface area contributed by atoms with Crippen molar-refractivity contribution in [3.8, 4) is 5.75 Å². The number of hydrogen-bond acceptors (Lipinski definition) is 5. The van der Waals surface area contributed by atoms with Crippen LogP contribution in [0.5, 0.6) is 5.75 Å².